The summed E-state index contributed by atoms with van der Waals surface area (Å²) in [5.41, 5.74) is 5.28. The lowest BCUT2D eigenvalue weighted by atomic mass is 10.0. The smallest absolute Gasteiger partial charge is 0.405 e. The van der Waals surface area contributed by atoms with Gasteiger partial charge < -0.3 is 10.5 Å². The van der Waals surface area contributed by atoms with E-state index in [1.54, 1.807) is 0 Å². The summed E-state index contributed by atoms with van der Waals surface area (Å²) in [6.07, 6.45) is -3.70. The van der Waals surface area contributed by atoms with E-state index in [1.807, 2.05) is 0 Å². The van der Waals surface area contributed by atoms with Crippen LogP contribution in [0.1, 0.15) is 5.56 Å². The van der Waals surface area contributed by atoms with Gasteiger partial charge in [0.2, 0.25) is 5.82 Å². The summed E-state index contributed by atoms with van der Waals surface area (Å²) in [7, 11) is 0. The van der Waals surface area contributed by atoms with Gasteiger partial charge in [0.25, 0.3) is 0 Å². The number of halogens is 3. The summed E-state index contributed by atoms with van der Waals surface area (Å²) in [6, 6.07) is 5.31. The first-order valence-electron chi connectivity index (χ1n) is 5.95. The Balaban J connectivity index is 2.63. The van der Waals surface area contributed by atoms with Crippen LogP contribution in [0.3, 0.4) is 0 Å². The summed E-state index contributed by atoms with van der Waals surface area (Å²) in [5, 5.41) is 11.0. The van der Waals surface area contributed by atoms with Crippen molar-refractivity contribution in [2.75, 3.05) is 5.73 Å². The van der Waals surface area contributed by atoms with Crippen molar-refractivity contribution < 1.29 is 22.8 Å². The highest BCUT2D eigenvalue weighted by molar-refractivity contribution is 5.78. The van der Waals surface area contributed by atoms with Gasteiger partial charge in [0.15, 0.2) is 0 Å². The number of rotatable bonds is 3. The fourth-order valence-corrected chi connectivity index (χ4v) is 2.02. The van der Waals surface area contributed by atoms with E-state index in [1.165, 1.54) is 31.3 Å². The van der Waals surface area contributed by atoms with Gasteiger partial charge >= 0.3 is 12.0 Å². The van der Waals surface area contributed by atoms with Crippen LogP contribution >= 0.6 is 0 Å². The molecule has 2 aromatic rings. The fourth-order valence-electron chi connectivity index (χ4n) is 2.02. The molecule has 1 heterocycles. The van der Waals surface area contributed by atoms with Crippen molar-refractivity contribution in [2.45, 2.75) is 13.3 Å². The third-order valence-corrected chi connectivity index (χ3v) is 2.92. The predicted molar refractivity (Wildman–Crippen MR) is 72.2 cm³/mol. The number of anilines is 1. The molecular weight excluding hydrogens is 303 g/mol. The summed E-state index contributed by atoms with van der Waals surface area (Å²) in [6.45, 7) is 1.38. The number of ether oxygens (including phenoxy) is 1. The molecule has 0 aliphatic heterocycles. The van der Waals surface area contributed by atoms with Gasteiger partial charge in [-0.15, -0.1) is 13.2 Å². The Labute approximate surface area is 122 Å². The summed E-state index contributed by atoms with van der Waals surface area (Å²) >= 11 is 0. The van der Waals surface area contributed by atoms with Crippen LogP contribution in [-0.4, -0.2) is 16.3 Å². The fraction of sp³-hybridized carbons (Fsp3) is 0.154. The van der Waals surface area contributed by atoms with Crippen molar-refractivity contribution >= 4 is 11.5 Å². The van der Waals surface area contributed by atoms with Gasteiger partial charge in [0.05, 0.1) is 4.92 Å². The molecule has 6 nitrogen and oxygen atoms in total. The zero-order valence-electron chi connectivity index (χ0n) is 11.2. The molecule has 0 amide bonds. The van der Waals surface area contributed by atoms with Crippen molar-refractivity contribution in [3.63, 3.8) is 0 Å². The maximum absolute atomic E-state index is 12.4. The number of hydrogen-bond donors (Lipinski definition) is 1. The van der Waals surface area contributed by atoms with Crippen molar-refractivity contribution in [1.82, 2.24) is 4.98 Å². The van der Waals surface area contributed by atoms with Crippen LogP contribution in [0.5, 0.6) is 5.75 Å². The van der Waals surface area contributed by atoms with Crippen LogP contribution in [0, 0.1) is 17.0 Å². The average molecular weight is 313 g/mol. The molecule has 0 radical (unpaired) electrons. The zero-order valence-corrected chi connectivity index (χ0v) is 11.2. The molecule has 2 rings (SSSR count). The second kappa shape index (κ2) is 5.51. The Hall–Kier alpha value is -2.84. The third kappa shape index (κ3) is 3.08. The maximum atomic E-state index is 12.4. The molecule has 0 aliphatic carbocycles. The van der Waals surface area contributed by atoms with Crippen LogP contribution < -0.4 is 10.5 Å². The minimum absolute atomic E-state index is 0.0351. The van der Waals surface area contributed by atoms with Gasteiger partial charge in [0.1, 0.15) is 5.75 Å². The van der Waals surface area contributed by atoms with E-state index in [0.29, 0.717) is 0 Å². The number of nitrogens with two attached hydrogens (primary N) is 1. The Morgan fingerprint density at radius 2 is 1.91 bits per heavy atom. The Morgan fingerprint density at radius 3 is 2.50 bits per heavy atom. The molecule has 0 aliphatic rings. The van der Waals surface area contributed by atoms with E-state index in [0.717, 1.165) is 6.07 Å². The highest BCUT2D eigenvalue weighted by atomic mass is 19.4. The SMILES string of the molecule is Cc1c(-c2ccccc2OC(F)(F)F)cnc(N)c1[N+](=O)[O-]. The maximum Gasteiger partial charge on any atom is 0.573 e. The summed E-state index contributed by atoms with van der Waals surface area (Å²) < 4.78 is 41.3. The lowest BCUT2D eigenvalue weighted by molar-refractivity contribution is -0.384. The first-order valence-corrected chi connectivity index (χ1v) is 5.95. The Morgan fingerprint density at radius 1 is 1.27 bits per heavy atom. The van der Waals surface area contributed by atoms with Crippen molar-refractivity contribution in [3.8, 4) is 16.9 Å². The second-order valence-corrected chi connectivity index (χ2v) is 4.33. The second-order valence-electron chi connectivity index (χ2n) is 4.33. The number of nitrogen functional groups attached to an aromatic ring is 1. The first kappa shape index (κ1) is 15.5. The molecule has 0 spiro atoms. The number of pyridine rings is 1. The van der Waals surface area contributed by atoms with Gasteiger partial charge in [-0.2, -0.15) is 0 Å². The van der Waals surface area contributed by atoms with Crippen molar-refractivity contribution in [1.29, 1.82) is 0 Å². The number of alkyl halides is 3. The lowest BCUT2D eigenvalue weighted by Gasteiger charge is -2.14. The molecule has 1 aromatic carbocycles. The minimum atomic E-state index is -4.88. The van der Waals surface area contributed by atoms with E-state index in [4.69, 9.17) is 5.73 Å². The van der Waals surface area contributed by atoms with Crippen LogP contribution in [0.2, 0.25) is 0 Å². The standard InChI is InChI=1S/C13H10F3N3O3/c1-7-9(6-18-12(17)11(7)19(20)21)8-4-2-3-5-10(8)22-13(14,15)16/h2-6H,1H3,(H2,17,18). The number of aromatic nitrogens is 1. The van der Waals surface area contributed by atoms with Crippen LogP contribution in [0.4, 0.5) is 24.7 Å². The van der Waals surface area contributed by atoms with Gasteiger partial charge in [0, 0.05) is 22.9 Å². The average Bonchev–Trinajstić information content (AvgIpc) is 2.38. The minimum Gasteiger partial charge on any atom is -0.405 e. The molecule has 0 atom stereocenters. The molecule has 116 valence electrons. The van der Waals surface area contributed by atoms with Crippen LogP contribution in [-0.2, 0) is 0 Å². The van der Waals surface area contributed by atoms with E-state index in [-0.39, 0.29) is 22.5 Å². The number of benzene rings is 1. The molecule has 0 bridgehead atoms. The number of para-hydroxylation sites is 1. The van der Waals surface area contributed by atoms with E-state index >= 15 is 0 Å². The summed E-state index contributed by atoms with van der Waals surface area (Å²) in [5.74, 6) is -0.778. The van der Waals surface area contributed by atoms with Crippen LogP contribution in [0.15, 0.2) is 30.5 Å². The van der Waals surface area contributed by atoms with Crippen molar-refractivity contribution in [2.24, 2.45) is 0 Å². The Kier molecular flexibility index (Phi) is 3.89. The molecule has 0 saturated heterocycles. The molecule has 2 N–H and O–H groups in total. The quantitative estimate of drug-likeness (QED) is 0.692. The molecule has 1 aromatic heterocycles. The van der Waals surface area contributed by atoms with Gasteiger partial charge in [-0.3, -0.25) is 10.1 Å². The molecule has 0 fully saturated rings. The van der Waals surface area contributed by atoms with E-state index in [9.17, 15) is 23.3 Å². The normalized spacial score (nSPS) is 11.3. The molecule has 9 heteroatoms. The molecule has 0 saturated carbocycles. The highest BCUT2D eigenvalue weighted by Gasteiger charge is 2.32. The van der Waals surface area contributed by atoms with Gasteiger partial charge in [-0.05, 0) is 13.0 Å². The van der Waals surface area contributed by atoms with E-state index < -0.39 is 22.7 Å². The summed E-state index contributed by atoms with van der Waals surface area (Å²) in [4.78, 5) is 14.0. The molecule has 22 heavy (non-hydrogen) atoms. The Bertz CT molecular complexity index is 732. The lowest BCUT2D eigenvalue weighted by Crippen LogP contribution is -2.17. The predicted octanol–water partition coefficient (Wildman–Crippen LogP) is 3.45. The zero-order chi connectivity index (χ0) is 16.5. The number of nitro groups is 1. The number of hydrogen-bond acceptors (Lipinski definition) is 5. The highest BCUT2D eigenvalue weighted by Crippen LogP contribution is 2.38. The van der Waals surface area contributed by atoms with Gasteiger partial charge in [-0.25, -0.2) is 4.98 Å². The number of nitrogens with zero attached hydrogens (tertiary/aromatic N) is 2. The largest absolute Gasteiger partial charge is 0.573 e. The topological polar surface area (TPSA) is 91.3 Å². The first-order chi connectivity index (χ1) is 10.2. The van der Waals surface area contributed by atoms with Gasteiger partial charge in [-0.1, -0.05) is 18.2 Å². The molecular formula is C13H10F3N3O3. The monoisotopic (exact) mass is 313 g/mol. The van der Waals surface area contributed by atoms with E-state index in [2.05, 4.69) is 9.72 Å². The van der Waals surface area contributed by atoms with Crippen molar-refractivity contribution in [3.05, 3.63) is 46.1 Å². The molecule has 0 unspecified atom stereocenters. The van der Waals surface area contributed by atoms with Crippen LogP contribution in [0.25, 0.3) is 11.1 Å². The third-order valence-electron chi connectivity index (χ3n) is 2.92.